The van der Waals surface area contributed by atoms with Crippen LogP contribution in [0.15, 0.2) is 71.6 Å². The molecule has 168 valence electrons. The molecule has 0 radical (unpaired) electrons. The first-order valence-corrected chi connectivity index (χ1v) is 11.6. The van der Waals surface area contributed by atoms with Gasteiger partial charge in [0.25, 0.3) is 5.91 Å². The van der Waals surface area contributed by atoms with E-state index in [-0.39, 0.29) is 5.91 Å². The quantitative estimate of drug-likeness (QED) is 0.280. The molecular weight excluding hydrogens is 478 g/mol. The molecular formula is C25H20ClNO4S2. The molecule has 0 saturated carbocycles. The first kappa shape index (κ1) is 23.2. The van der Waals surface area contributed by atoms with Gasteiger partial charge in [0, 0.05) is 5.02 Å². The van der Waals surface area contributed by atoms with Gasteiger partial charge in [0.1, 0.15) is 12.4 Å². The molecule has 5 nitrogen and oxygen atoms in total. The number of nitrogens with zero attached hydrogens (tertiary/aromatic N) is 1. The molecule has 0 aromatic heterocycles. The molecule has 0 aliphatic carbocycles. The van der Waals surface area contributed by atoms with Crippen LogP contribution in [-0.4, -0.2) is 24.4 Å². The molecule has 4 rings (SSSR count). The summed E-state index contributed by atoms with van der Waals surface area (Å²) in [5.74, 6) is 1.72. The monoisotopic (exact) mass is 497 g/mol. The van der Waals surface area contributed by atoms with Crippen LogP contribution < -0.4 is 19.1 Å². The number of rotatable bonds is 7. The van der Waals surface area contributed by atoms with Crippen LogP contribution in [-0.2, 0) is 11.4 Å². The smallest absolute Gasteiger partial charge is 0.270 e. The fourth-order valence-electron chi connectivity index (χ4n) is 3.21. The average Bonchev–Trinajstić information content (AvgIpc) is 3.11. The molecule has 8 heteroatoms. The van der Waals surface area contributed by atoms with Gasteiger partial charge >= 0.3 is 0 Å². The van der Waals surface area contributed by atoms with Crippen molar-refractivity contribution in [2.45, 2.75) is 6.61 Å². The van der Waals surface area contributed by atoms with Crippen molar-refractivity contribution in [2.24, 2.45) is 0 Å². The van der Waals surface area contributed by atoms with Crippen LogP contribution in [0.4, 0.5) is 5.69 Å². The number of anilines is 1. The number of carbonyl (C=O) groups is 1. The Bertz CT molecular complexity index is 1210. The molecule has 0 spiro atoms. The average molecular weight is 498 g/mol. The van der Waals surface area contributed by atoms with Crippen LogP contribution in [0.25, 0.3) is 6.08 Å². The van der Waals surface area contributed by atoms with Crippen molar-refractivity contribution in [2.75, 3.05) is 19.1 Å². The third-order valence-corrected chi connectivity index (χ3v) is 6.47. The number of benzene rings is 3. The fraction of sp³-hybridized carbons (Fsp3) is 0.120. The molecule has 3 aromatic rings. The van der Waals surface area contributed by atoms with E-state index in [4.69, 9.17) is 38.0 Å². The molecule has 0 bridgehead atoms. The second kappa shape index (κ2) is 10.3. The lowest BCUT2D eigenvalue weighted by molar-refractivity contribution is -0.113. The van der Waals surface area contributed by atoms with Crippen molar-refractivity contribution in [1.82, 2.24) is 0 Å². The van der Waals surface area contributed by atoms with E-state index in [9.17, 15) is 4.79 Å². The van der Waals surface area contributed by atoms with Gasteiger partial charge in [-0.15, -0.1) is 0 Å². The SMILES string of the molecule is COc1ccc(N2C(=O)/C(=C/c3ccc(OCc4ccc(Cl)cc4)c(OC)c3)SC2=S)cc1. The first-order valence-electron chi connectivity index (χ1n) is 9.96. The van der Waals surface area contributed by atoms with Crippen molar-refractivity contribution in [3.63, 3.8) is 0 Å². The predicted octanol–water partition coefficient (Wildman–Crippen LogP) is 6.34. The van der Waals surface area contributed by atoms with E-state index in [0.29, 0.717) is 43.8 Å². The zero-order chi connectivity index (χ0) is 23.4. The standard InChI is InChI=1S/C25H20ClNO4S2/c1-29-20-10-8-19(9-11-20)27-24(28)23(33-25(27)32)14-17-5-12-21(22(13-17)30-2)31-15-16-3-6-18(26)7-4-16/h3-14H,15H2,1-2H3/b23-14-. The van der Waals surface area contributed by atoms with Gasteiger partial charge in [-0.25, -0.2) is 0 Å². The van der Waals surface area contributed by atoms with Crippen molar-refractivity contribution >= 4 is 57.6 Å². The Balaban J connectivity index is 1.51. The van der Waals surface area contributed by atoms with Gasteiger partial charge in [-0.05, 0) is 65.7 Å². The first-order chi connectivity index (χ1) is 16.0. The third-order valence-electron chi connectivity index (χ3n) is 4.92. The summed E-state index contributed by atoms with van der Waals surface area (Å²) in [4.78, 5) is 15.1. The molecule has 0 unspecified atom stereocenters. The van der Waals surface area contributed by atoms with E-state index in [1.807, 2.05) is 54.6 Å². The summed E-state index contributed by atoms with van der Waals surface area (Å²) in [7, 11) is 3.18. The number of thioether (sulfide) groups is 1. The summed E-state index contributed by atoms with van der Waals surface area (Å²) < 4.78 is 17.1. The van der Waals surface area contributed by atoms with E-state index in [2.05, 4.69) is 0 Å². The van der Waals surface area contributed by atoms with E-state index < -0.39 is 0 Å². The van der Waals surface area contributed by atoms with Crippen molar-refractivity contribution in [1.29, 1.82) is 0 Å². The second-order valence-electron chi connectivity index (χ2n) is 7.04. The Morgan fingerprint density at radius 3 is 2.36 bits per heavy atom. The number of carbonyl (C=O) groups excluding carboxylic acids is 1. The second-order valence-corrected chi connectivity index (χ2v) is 9.15. The number of hydrogen-bond donors (Lipinski definition) is 0. The zero-order valence-corrected chi connectivity index (χ0v) is 20.3. The minimum atomic E-state index is -0.169. The number of methoxy groups -OCH3 is 2. The van der Waals surface area contributed by atoms with Crippen LogP contribution in [0.1, 0.15) is 11.1 Å². The van der Waals surface area contributed by atoms with Crippen LogP contribution in [0.2, 0.25) is 5.02 Å². The molecule has 1 aliphatic heterocycles. The largest absolute Gasteiger partial charge is 0.497 e. The van der Waals surface area contributed by atoms with Crippen LogP contribution in [0.3, 0.4) is 0 Å². The van der Waals surface area contributed by atoms with Gasteiger partial charge in [0.05, 0.1) is 24.8 Å². The van der Waals surface area contributed by atoms with Crippen LogP contribution in [0, 0.1) is 0 Å². The zero-order valence-electron chi connectivity index (χ0n) is 17.9. The van der Waals surface area contributed by atoms with Crippen LogP contribution >= 0.6 is 35.6 Å². The minimum Gasteiger partial charge on any atom is -0.497 e. The highest BCUT2D eigenvalue weighted by atomic mass is 35.5. The fourth-order valence-corrected chi connectivity index (χ4v) is 4.63. The van der Waals surface area contributed by atoms with E-state index >= 15 is 0 Å². The molecule has 1 heterocycles. The Hall–Kier alpha value is -3.00. The Morgan fingerprint density at radius 1 is 0.970 bits per heavy atom. The summed E-state index contributed by atoms with van der Waals surface area (Å²) in [6, 6.07) is 20.2. The van der Waals surface area contributed by atoms with Gasteiger partial charge in [-0.1, -0.05) is 53.8 Å². The van der Waals surface area contributed by atoms with Gasteiger partial charge in [-0.2, -0.15) is 0 Å². The molecule has 3 aromatic carbocycles. The molecule has 1 fully saturated rings. The summed E-state index contributed by atoms with van der Waals surface area (Å²) in [5.41, 5.74) is 2.50. The Morgan fingerprint density at radius 2 is 1.70 bits per heavy atom. The lowest BCUT2D eigenvalue weighted by Gasteiger charge is -2.14. The van der Waals surface area contributed by atoms with Gasteiger partial charge in [0.15, 0.2) is 15.8 Å². The Labute approximate surface area is 206 Å². The van der Waals surface area contributed by atoms with Gasteiger partial charge in [0.2, 0.25) is 0 Å². The maximum atomic E-state index is 13.0. The molecule has 0 atom stereocenters. The third kappa shape index (κ3) is 5.33. The molecule has 1 saturated heterocycles. The van der Waals surface area contributed by atoms with E-state index in [1.54, 1.807) is 32.4 Å². The number of thiocarbonyl (C=S) groups is 1. The number of hydrogen-bond acceptors (Lipinski definition) is 6. The maximum absolute atomic E-state index is 13.0. The molecule has 1 aliphatic rings. The summed E-state index contributed by atoms with van der Waals surface area (Å²) in [5, 5.41) is 0.679. The van der Waals surface area contributed by atoms with E-state index in [0.717, 1.165) is 11.1 Å². The van der Waals surface area contributed by atoms with Crippen molar-refractivity contribution < 1.29 is 19.0 Å². The lowest BCUT2D eigenvalue weighted by atomic mass is 10.1. The summed E-state index contributed by atoms with van der Waals surface area (Å²) in [6.45, 7) is 0.382. The summed E-state index contributed by atoms with van der Waals surface area (Å²) >= 11 is 12.6. The molecule has 0 N–H and O–H groups in total. The maximum Gasteiger partial charge on any atom is 0.270 e. The molecule has 33 heavy (non-hydrogen) atoms. The minimum absolute atomic E-state index is 0.169. The predicted molar refractivity (Wildman–Crippen MR) is 137 cm³/mol. The van der Waals surface area contributed by atoms with Crippen molar-refractivity contribution in [3.05, 3.63) is 87.8 Å². The topological polar surface area (TPSA) is 48.0 Å². The number of ether oxygens (including phenoxy) is 3. The van der Waals surface area contributed by atoms with Gasteiger partial charge in [-0.3, -0.25) is 9.69 Å². The Kier molecular flexibility index (Phi) is 7.23. The number of halogens is 1. The normalized spacial score (nSPS) is 14.6. The number of amides is 1. The van der Waals surface area contributed by atoms with Crippen molar-refractivity contribution in [3.8, 4) is 17.2 Å². The summed E-state index contributed by atoms with van der Waals surface area (Å²) in [6.07, 6.45) is 1.80. The van der Waals surface area contributed by atoms with Gasteiger partial charge < -0.3 is 14.2 Å². The van der Waals surface area contributed by atoms with E-state index in [1.165, 1.54) is 16.7 Å². The highest BCUT2D eigenvalue weighted by molar-refractivity contribution is 8.27. The lowest BCUT2D eigenvalue weighted by Crippen LogP contribution is -2.27. The highest BCUT2D eigenvalue weighted by Crippen LogP contribution is 2.37. The van der Waals surface area contributed by atoms with Crippen LogP contribution in [0.5, 0.6) is 17.2 Å². The molecule has 1 amide bonds. The highest BCUT2D eigenvalue weighted by Gasteiger charge is 2.33.